The fourth-order valence-corrected chi connectivity index (χ4v) is 4.29. The highest BCUT2D eigenvalue weighted by atomic mass is 35.5. The van der Waals surface area contributed by atoms with E-state index in [-0.39, 0.29) is 11.6 Å². The van der Waals surface area contributed by atoms with E-state index in [1.807, 2.05) is 82.2 Å². The van der Waals surface area contributed by atoms with Crippen molar-refractivity contribution >= 4 is 46.1 Å². The number of hydrogen-bond acceptors (Lipinski definition) is 4. The Balaban J connectivity index is 1.83. The van der Waals surface area contributed by atoms with Gasteiger partial charge in [0.2, 0.25) is 0 Å². The number of hydrogen-bond donors (Lipinski definition) is 1. The first-order chi connectivity index (χ1) is 15.7. The molecule has 0 aliphatic carbocycles. The molecule has 1 heterocycles. The monoisotopic (exact) mass is 459 g/mol. The lowest BCUT2D eigenvalue weighted by Crippen LogP contribution is -2.33. The summed E-state index contributed by atoms with van der Waals surface area (Å²) in [5, 5.41) is 3.78. The number of carbonyl (C=O) groups excluding carboxylic acids is 2. The third-order valence-corrected chi connectivity index (χ3v) is 6.02. The van der Waals surface area contributed by atoms with Crippen molar-refractivity contribution in [1.82, 2.24) is 0 Å². The summed E-state index contributed by atoms with van der Waals surface area (Å²) in [5.74, 6) is -0.748. The van der Waals surface area contributed by atoms with Gasteiger partial charge in [0.1, 0.15) is 5.70 Å². The van der Waals surface area contributed by atoms with Crippen LogP contribution in [0.3, 0.4) is 0 Å². The van der Waals surface area contributed by atoms with Crippen LogP contribution in [-0.4, -0.2) is 25.9 Å². The highest BCUT2D eigenvalue weighted by Gasteiger charge is 2.41. The number of aryl methyl sites for hydroxylation is 3. The number of rotatable bonds is 5. The number of nitrogens with one attached hydrogen (secondary N) is 1. The van der Waals surface area contributed by atoms with Gasteiger partial charge in [-0.1, -0.05) is 35.4 Å². The van der Waals surface area contributed by atoms with Crippen LogP contribution in [0, 0.1) is 20.8 Å². The van der Waals surface area contributed by atoms with Gasteiger partial charge in [0.05, 0.1) is 11.3 Å². The van der Waals surface area contributed by atoms with Crippen molar-refractivity contribution in [2.75, 3.05) is 29.2 Å². The Kier molecular flexibility index (Phi) is 6.00. The number of benzene rings is 3. The topological polar surface area (TPSA) is 52.7 Å². The maximum Gasteiger partial charge on any atom is 0.282 e. The van der Waals surface area contributed by atoms with Crippen LogP contribution in [0.15, 0.2) is 66.4 Å². The third-order valence-electron chi connectivity index (χ3n) is 5.79. The van der Waals surface area contributed by atoms with Gasteiger partial charge in [-0.25, -0.2) is 4.90 Å². The Bertz CT molecular complexity index is 1290. The zero-order valence-corrected chi connectivity index (χ0v) is 20.1. The number of carbonyl (C=O) groups is 2. The van der Waals surface area contributed by atoms with Gasteiger partial charge in [0.15, 0.2) is 0 Å². The van der Waals surface area contributed by atoms with E-state index in [2.05, 4.69) is 5.32 Å². The van der Waals surface area contributed by atoms with Crippen LogP contribution in [0.2, 0.25) is 5.02 Å². The second-order valence-electron chi connectivity index (χ2n) is 8.51. The lowest BCUT2D eigenvalue weighted by atomic mass is 9.97. The van der Waals surface area contributed by atoms with E-state index < -0.39 is 5.91 Å². The first-order valence-electron chi connectivity index (χ1n) is 10.7. The predicted octanol–water partition coefficient (Wildman–Crippen LogP) is 5.73. The van der Waals surface area contributed by atoms with Crippen LogP contribution in [0.1, 0.15) is 22.3 Å². The van der Waals surface area contributed by atoms with Crippen molar-refractivity contribution in [3.05, 3.63) is 93.6 Å². The summed E-state index contributed by atoms with van der Waals surface area (Å²) in [4.78, 5) is 30.6. The minimum Gasteiger partial charge on any atom is -0.378 e. The molecule has 0 saturated heterocycles. The lowest BCUT2D eigenvalue weighted by Gasteiger charge is -2.18. The Hall–Kier alpha value is -3.57. The Labute approximate surface area is 199 Å². The molecule has 168 valence electrons. The standard InChI is InChI=1S/C27H26ClN3O2/c1-16-6-12-22(17(2)14-16)24-25(29-20-8-10-21(11-9-20)30(4)5)27(33)31(26(24)32)23-13-7-19(28)15-18(23)3/h6-15,29H,1-5H3. The van der Waals surface area contributed by atoms with Gasteiger partial charge in [-0.05, 0) is 79.9 Å². The molecule has 1 N–H and O–H groups in total. The average molecular weight is 460 g/mol. The van der Waals surface area contributed by atoms with Crippen LogP contribution in [-0.2, 0) is 9.59 Å². The molecular formula is C27H26ClN3O2. The molecule has 3 aromatic rings. The van der Waals surface area contributed by atoms with Crippen molar-refractivity contribution < 1.29 is 9.59 Å². The van der Waals surface area contributed by atoms with Crippen LogP contribution < -0.4 is 15.1 Å². The van der Waals surface area contributed by atoms with E-state index in [1.165, 1.54) is 4.90 Å². The minimum atomic E-state index is -0.392. The molecule has 0 saturated carbocycles. The summed E-state index contributed by atoms with van der Waals surface area (Å²) in [6.07, 6.45) is 0. The van der Waals surface area contributed by atoms with Gasteiger partial charge >= 0.3 is 0 Å². The Morgan fingerprint density at radius 1 is 0.818 bits per heavy atom. The molecule has 2 amide bonds. The normalized spacial score (nSPS) is 13.7. The van der Waals surface area contributed by atoms with Crippen molar-refractivity contribution in [1.29, 1.82) is 0 Å². The van der Waals surface area contributed by atoms with E-state index >= 15 is 0 Å². The third kappa shape index (κ3) is 4.24. The number of halogens is 1. The maximum atomic E-state index is 13.7. The van der Waals surface area contributed by atoms with Crippen LogP contribution in [0.25, 0.3) is 5.57 Å². The SMILES string of the molecule is Cc1ccc(C2=C(Nc3ccc(N(C)C)cc3)C(=O)N(c3ccc(Cl)cc3C)C2=O)c(C)c1. The van der Waals surface area contributed by atoms with Crippen molar-refractivity contribution in [3.63, 3.8) is 0 Å². The summed E-state index contributed by atoms with van der Waals surface area (Å²) in [7, 11) is 3.93. The highest BCUT2D eigenvalue weighted by molar-refractivity contribution is 6.46. The lowest BCUT2D eigenvalue weighted by molar-refractivity contribution is -0.120. The fourth-order valence-electron chi connectivity index (χ4n) is 4.07. The quantitative estimate of drug-likeness (QED) is 0.495. The molecule has 1 aliphatic heterocycles. The largest absolute Gasteiger partial charge is 0.378 e. The van der Waals surface area contributed by atoms with Gasteiger partial charge in [-0.3, -0.25) is 9.59 Å². The van der Waals surface area contributed by atoms with Gasteiger partial charge in [0.25, 0.3) is 11.8 Å². The molecule has 4 rings (SSSR count). The van der Waals surface area contributed by atoms with Crippen LogP contribution in [0.5, 0.6) is 0 Å². The van der Waals surface area contributed by atoms with Gasteiger partial charge in [-0.2, -0.15) is 0 Å². The molecule has 0 bridgehead atoms. The highest BCUT2D eigenvalue weighted by Crippen LogP contribution is 2.37. The van der Waals surface area contributed by atoms with Crippen molar-refractivity contribution in [2.45, 2.75) is 20.8 Å². The molecule has 0 unspecified atom stereocenters. The molecule has 0 radical (unpaired) electrons. The molecule has 0 aromatic heterocycles. The Morgan fingerprint density at radius 3 is 2.12 bits per heavy atom. The number of imide groups is 1. The van der Waals surface area contributed by atoms with E-state index in [0.717, 1.165) is 33.6 Å². The molecule has 3 aromatic carbocycles. The van der Waals surface area contributed by atoms with E-state index in [1.54, 1.807) is 18.2 Å². The molecule has 1 aliphatic rings. The Morgan fingerprint density at radius 2 is 1.52 bits per heavy atom. The zero-order chi connectivity index (χ0) is 23.9. The molecule has 5 nitrogen and oxygen atoms in total. The van der Waals surface area contributed by atoms with Gasteiger partial charge in [-0.15, -0.1) is 0 Å². The van der Waals surface area contributed by atoms with E-state index in [4.69, 9.17) is 11.6 Å². The van der Waals surface area contributed by atoms with E-state index in [9.17, 15) is 9.59 Å². The molecule has 0 spiro atoms. The molecule has 6 heteroatoms. The second-order valence-corrected chi connectivity index (χ2v) is 8.95. The molecular weight excluding hydrogens is 434 g/mol. The first-order valence-corrected chi connectivity index (χ1v) is 11.1. The van der Waals surface area contributed by atoms with E-state index in [0.29, 0.717) is 16.3 Å². The average Bonchev–Trinajstić information content (AvgIpc) is 2.99. The summed E-state index contributed by atoms with van der Waals surface area (Å²) in [6, 6.07) is 18.7. The summed E-state index contributed by atoms with van der Waals surface area (Å²) in [6.45, 7) is 5.79. The fraction of sp³-hybridized carbons (Fsp3) is 0.185. The number of nitrogens with zero attached hydrogens (tertiary/aromatic N) is 2. The van der Waals surface area contributed by atoms with Crippen molar-refractivity contribution in [2.24, 2.45) is 0 Å². The maximum absolute atomic E-state index is 13.7. The number of anilines is 3. The molecule has 33 heavy (non-hydrogen) atoms. The van der Waals surface area contributed by atoms with Crippen LogP contribution in [0.4, 0.5) is 17.1 Å². The van der Waals surface area contributed by atoms with Crippen molar-refractivity contribution in [3.8, 4) is 0 Å². The predicted molar refractivity (Wildman–Crippen MR) is 136 cm³/mol. The van der Waals surface area contributed by atoms with Gasteiger partial charge < -0.3 is 10.2 Å². The van der Waals surface area contributed by atoms with Gasteiger partial charge in [0, 0.05) is 30.5 Å². The summed E-state index contributed by atoms with van der Waals surface area (Å²) >= 11 is 6.11. The second kappa shape index (κ2) is 8.75. The summed E-state index contributed by atoms with van der Waals surface area (Å²) < 4.78 is 0. The first kappa shape index (κ1) is 22.6. The number of amides is 2. The molecule has 0 atom stereocenters. The van der Waals surface area contributed by atoms with Crippen LogP contribution >= 0.6 is 11.6 Å². The zero-order valence-electron chi connectivity index (χ0n) is 19.4. The molecule has 0 fully saturated rings. The summed E-state index contributed by atoms with van der Waals surface area (Å²) in [5.41, 5.74) is 6.43. The minimum absolute atomic E-state index is 0.263. The smallest absolute Gasteiger partial charge is 0.282 e.